The molecule has 0 unspecified atom stereocenters. The smallest absolute Gasteiger partial charge is 0.257 e. The zero-order chi connectivity index (χ0) is 11.8. The van der Waals surface area contributed by atoms with E-state index in [1.807, 2.05) is 18.2 Å². The van der Waals surface area contributed by atoms with E-state index in [0.29, 0.717) is 18.8 Å². The zero-order valence-corrected chi connectivity index (χ0v) is 11.7. The summed E-state index contributed by atoms with van der Waals surface area (Å²) in [5, 5.41) is 2.71. The van der Waals surface area contributed by atoms with E-state index >= 15 is 0 Å². The van der Waals surface area contributed by atoms with Gasteiger partial charge in [-0.2, -0.15) is 0 Å². The molecule has 1 rings (SSSR count). The van der Waals surface area contributed by atoms with Crippen LogP contribution in [-0.2, 0) is 4.79 Å². The number of carbonyl (C=O) groups excluding carboxylic acids is 1. The third kappa shape index (κ3) is 7.20. The fourth-order valence-electron chi connectivity index (χ4n) is 1.09. The van der Waals surface area contributed by atoms with Gasteiger partial charge in [-0.3, -0.25) is 4.79 Å². The monoisotopic (exact) mass is 322 g/mol. The normalized spacial score (nSPS) is 9.29. The predicted molar refractivity (Wildman–Crippen MR) is 73.6 cm³/mol. The number of hydrogen-bond donors (Lipinski definition) is 2. The minimum Gasteiger partial charge on any atom is -0.484 e. The summed E-state index contributed by atoms with van der Waals surface area (Å²) in [5.74, 6) is 0.539. The average molecular weight is 324 g/mol. The second-order valence-corrected chi connectivity index (χ2v) is 4.15. The number of nitrogens with two attached hydrogens (primary N) is 1. The predicted octanol–water partition coefficient (Wildman–Crippen LogP) is 1.71. The average Bonchev–Trinajstić information content (AvgIpc) is 2.27. The number of ether oxygens (including phenoxy) is 1. The number of carbonyl (C=O) groups is 1. The Morgan fingerprint density at radius 3 is 2.88 bits per heavy atom. The van der Waals surface area contributed by atoms with Crippen LogP contribution in [0.1, 0.15) is 6.42 Å². The van der Waals surface area contributed by atoms with E-state index in [4.69, 9.17) is 10.5 Å². The van der Waals surface area contributed by atoms with Gasteiger partial charge in [0.15, 0.2) is 6.61 Å². The number of benzene rings is 1. The van der Waals surface area contributed by atoms with E-state index in [0.717, 1.165) is 10.9 Å². The van der Waals surface area contributed by atoms with Gasteiger partial charge in [0.25, 0.3) is 5.91 Å². The quantitative estimate of drug-likeness (QED) is 0.783. The molecule has 0 saturated heterocycles. The van der Waals surface area contributed by atoms with Crippen LogP contribution in [0.4, 0.5) is 0 Å². The Balaban J connectivity index is 0.00000256. The highest BCUT2D eigenvalue weighted by atomic mass is 79.9. The van der Waals surface area contributed by atoms with Crippen LogP contribution in [0, 0.1) is 0 Å². The first-order valence-corrected chi connectivity index (χ1v) is 5.87. The molecular weight excluding hydrogens is 307 g/mol. The molecule has 0 aliphatic heterocycles. The number of halogens is 2. The van der Waals surface area contributed by atoms with Crippen LogP contribution in [0.25, 0.3) is 0 Å². The van der Waals surface area contributed by atoms with Gasteiger partial charge in [-0.25, -0.2) is 0 Å². The Bertz CT molecular complexity index is 350. The van der Waals surface area contributed by atoms with Crippen molar-refractivity contribution in [1.82, 2.24) is 5.32 Å². The molecule has 17 heavy (non-hydrogen) atoms. The highest BCUT2D eigenvalue weighted by molar-refractivity contribution is 9.10. The van der Waals surface area contributed by atoms with E-state index in [1.165, 1.54) is 0 Å². The van der Waals surface area contributed by atoms with Crippen LogP contribution in [0.3, 0.4) is 0 Å². The third-order valence-electron chi connectivity index (χ3n) is 1.87. The molecule has 0 aliphatic rings. The van der Waals surface area contributed by atoms with Crippen LogP contribution in [0.2, 0.25) is 0 Å². The number of nitrogens with one attached hydrogen (secondary N) is 1. The highest BCUT2D eigenvalue weighted by Gasteiger charge is 2.01. The van der Waals surface area contributed by atoms with Crippen molar-refractivity contribution in [1.29, 1.82) is 0 Å². The van der Waals surface area contributed by atoms with Gasteiger partial charge in [0.05, 0.1) is 0 Å². The maximum absolute atomic E-state index is 11.3. The minimum absolute atomic E-state index is 0. The van der Waals surface area contributed by atoms with Crippen molar-refractivity contribution >= 4 is 34.2 Å². The molecule has 0 aliphatic carbocycles. The summed E-state index contributed by atoms with van der Waals surface area (Å²) in [6.45, 7) is 1.20. The van der Waals surface area contributed by atoms with E-state index in [2.05, 4.69) is 21.2 Å². The first-order valence-electron chi connectivity index (χ1n) is 5.07. The van der Waals surface area contributed by atoms with Gasteiger partial charge < -0.3 is 15.8 Å². The topological polar surface area (TPSA) is 64.3 Å². The van der Waals surface area contributed by atoms with Crippen molar-refractivity contribution in [3.05, 3.63) is 28.7 Å². The lowest BCUT2D eigenvalue weighted by Crippen LogP contribution is -2.30. The Kier molecular flexibility index (Phi) is 8.85. The van der Waals surface area contributed by atoms with Crippen LogP contribution >= 0.6 is 28.3 Å². The van der Waals surface area contributed by atoms with Crippen molar-refractivity contribution in [3.63, 3.8) is 0 Å². The largest absolute Gasteiger partial charge is 0.484 e. The van der Waals surface area contributed by atoms with Crippen molar-refractivity contribution in [3.8, 4) is 5.75 Å². The van der Waals surface area contributed by atoms with Gasteiger partial charge >= 0.3 is 0 Å². The van der Waals surface area contributed by atoms with Gasteiger partial charge in [0, 0.05) is 11.0 Å². The molecule has 0 spiro atoms. The van der Waals surface area contributed by atoms with Crippen molar-refractivity contribution < 1.29 is 9.53 Å². The number of hydrogen-bond acceptors (Lipinski definition) is 3. The van der Waals surface area contributed by atoms with Crippen LogP contribution in [0.5, 0.6) is 5.75 Å². The lowest BCUT2D eigenvalue weighted by atomic mass is 10.3. The SMILES string of the molecule is Cl.NCCCNC(=O)COc1cccc(Br)c1. The maximum atomic E-state index is 11.3. The van der Waals surface area contributed by atoms with Crippen LogP contribution < -0.4 is 15.8 Å². The molecule has 0 atom stereocenters. The molecule has 96 valence electrons. The molecule has 0 fully saturated rings. The minimum atomic E-state index is -0.131. The molecule has 6 heteroatoms. The maximum Gasteiger partial charge on any atom is 0.257 e. The fourth-order valence-corrected chi connectivity index (χ4v) is 1.46. The van der Waals surface area contributed by atoms with E-state index in [9.17, 15) is 4.79 Å². The molecule has 4 nitrogen and oxygen atoms in total. The Hall–Kier alpha value is -0.780. The second-order valence-electron chi connectivity index (χ2n) is 3.24. The summed E-state index contributed by atoms with van der Waals surface area (Å²) in [4.78, 5) is 11.3. The summed E-state index contributed by atoms with van der Waals surface area (Å²) in [7, 11) is 0. The lowest BCUT2D eigenvalue weighted by Gasteiger charge is -2.07. The van der Waals surface area contributed by atoms with Crippen molar-refractivity contribution in [2.45, 2.75) is 6.42 Å². The molecular formula is C11H16BrClN2O2. The first kappa shape index (κ1) is 16.2. The highest BCUT2D eigenvalue weighted by Crippen LogP contribution is 2.17. The van der Waals surface area contributed by atoms with Gasteiger partial charge in [0.1, 0.15) is 5.75 Å². The van der Waals surface area contributed by atoms with E-state index < -0.39 is 0 Å². The Morgan fingerprint density at radius 1 is 1.47 bits per heavy atom. The Morgan fingerprint density at radius 2 is 2.24 bits per heavy atom. The van der Waals surface area contributed by atoms with Gasteiger partial charge in [-0.15, -0.1) is 12.4 Å². The van der Waals surface area contributed by atoms with Crippen molar-refractivity contribution in [2.24, 2.45) is 5.73 Å². The van der Waals surface area contributed by atoms with E-state index in [1.54, 1.807) is 6.07 Å². The molecule has 0 aromatic heterocycles. The molecule has 1 aromatic carbocycles. The van der Waals surface area contributed by atoms with Gasteiger partial charge in [0.2, 0.25) is 0 Å². The molecule has 1 amide bonds. The molecule has 0 bridgehead atoms. The van der Waals surface area contributed by atoms with Gasteiger partial charge in [-0.1, -0.05) is 22.0 Å². The number of amides is 1. The summed E-state index contributed by atoms with van der Waals surface area (Å²) in [6.07, 6.45) is 0.780. The number of rotatable bonds is 6. The van der Waals surface area contributed by atoms with Crippen molar-refractivity contribution in [2.75, 3.05) is 19.7 Å². The molecule has 0 radical (unpaired) electrons. The van der Waals surface area contributed by atoms with E-state index in [-0.39, 0.29) is 24.9 Å². The summed E-state index contributed by atoms with van der Waals surface area (Å²) in [6, 6.07) is 7.37. The molecule has 0 heterocycles. The third-order valence-corrected chi connectivity index (χ3v) is 2.36. The summed E-state index contributed by atoms with van der Waals surface area (Å²) in [5.41, 5.74) is 5.31. The lowest BCUT2D eigenvalue weighted by molar-refractivity contribution is -0.123. The molecule has 3 N–H and O–H groups in total. The zero-order valence-electron chi connectivity index (χ0n) is 9.32. The first-order chi connectivity index (χ1) is 7.72. The Labute approximate surface area is 115 Å². The molecule has 0 saturated carbocycles. The van der Waals surface area contributed by atoms with Gasteiger partial charge in [-0.05, 0) is 31.2 Å². The van der Waals surface area contributed by atoms with Crippen LogP contribution in [-0.4, -0.2) is 25.6 Å². The molecule has 1 aromatic rings. The second kappa shape index (κ2) is 9.27. The summed E-state index contributed by atoms with van der Waals surface area (Å²) >= 11 is 3.33. The fraction of sp³-hybridized carbons (Fsp3) is 0.364. The standard InChI is InChI=1S/C11H15BrN2O2.ClH/c12-9-3-1-4-10(7-9)16-8-11(15)14-6-2-5-13;/h1,3-4,7H,2,5-6,8,13H2,(H,14,15);1H. The summed E-state index contributed by atoms with van der Waals surface area (Å²) < 4.78 is 6.23. The van der Waals surface area contributed by atoms with Crippen LogP contribution in [0.15, 0.2) is 28.7 Å².